The summed E-state index contributed by atoms with van der Waals surface area (Å²) in [5, 5.41) is 21.2. The second-order valence-corrected chi connectivity index (χ2v) is 10.4. The van der Waals surface area contributed by atoms with Gasteiger partial charge < -0.3 is 21.0 Å². The van der Waals surface area contributed by atoms with E-state index in [2.05, 4.69) is 11.4 Å². The predicted octanol–water partition coefficient (Wildman–Crippen LogP) is 3.68. The van der Waals surface area contributed by atoms with Crippen molar-refractivity contribution in [3.8, 4) is 0 Å². The van der Waals surface area contributed by atoms with Crippen LogP contribution in [0.15, 0.2) is 11.4 Å². The van der Waals surface area contributed by atoms with Crippen molar-refractivity contribution in [1.82, 2.24) is 0 Å². The van der Waals surface area contributed by atoms with E-state index in [1.807, 2.05) is 0 Å². The Morgan fingerprint density at radius 2 is 1.85 bits per heavy atom. The van der Waals surface area contributed by atoms with Crippen LogP contribution < -0.4 is 5.73 Å². The molecule has 0 saturated heterocycles. The lowest BCUT2D eigenvalue weighted by Crippen LogP contribution is -2.59. The Hall–Kier alpha value is -0.750. The summed E-state index contributed by atoms with van der Waals surface area (Å²) in [7, 11) is 0. The van der Waals surface area contributed by atoms with E-state index in [9.17, 15) is 5.11 Å². The number of nitrogens with one attached hydrogen (secondary N) is 1. The molecule has 0 aromatic carbocycles. The Morgan fingerprint density at radius 1 is 1.19 bits per heavy atom. The third-order valence-electron chi connectivity index (χ3n) is 7.64. The fourth-order valence-electron chi connectivity index (χ4n) is 6.84. The molecule has 5 heteroatoms. The number of hydrogen-bond acceptors (Lipinski definition) is 5. The summed E-state index contributed by atoms with van der Waals surface area (Å²) in [6.07, 6.45) is 8.54. The number of aliphatic hydroxyl groups excluding tert-OH is 1. The van der Waals surface area contributed by atoms with Crippen molar-refractivity contribution in [2.45, 2.75) is 69.6 Å². The number of rotatable bonds is 5. The number of hydrogen-bond donors (Lipinski definition) is 3. The third kappa shape index (κ3) is 2.79. The van der Waals surface area contributed by atoms with Crippen LogP contribution in [0.3, 0.4) is 0 Å². The number of thiophene rings is 1. The monoisotopic (exact) mass is 374 g/mol. The minimum atomic E-state index is -0.636. The van der Waals surface area contributed by atoms with Crippen LogP contribution in [0.2, 0.25) is 0 Å². The summed E-state index contributed by atoms with van der Waals surface area (Å²) in [4.78, 5) is 1.32. The Kier molecular flexibility index (Phi) is 4.27. The molecule has 0 radical (unpaired) electrons. The summed E-state index contributed by atoms with van der Waals surface area (Å²) in [6.45, 7) is 0.241. The molecule has 0 spiro atoms. The van der Waals surface area contributed by atoms with Crippen LogP contribution in [0, 0.1) is 28.6 Å². The molecule has 5 aliphatic carbocycles. The van der Waals surface area contributed by atoms with E-state index in [4.69, 9.17) is 15.9 Å². The van der Waals surface area contributed by atoms with Gasteiger partial charge >= 0.3 is 0 Å². The van der Waals surface area contributed by atoms with Gasteiger partial charge in [0.25, 0.3) is 0 Å². The number of aryl methyl sites for hydroxylation is 1. The minimum Gasteiger partial charge on any atom is -0.389 e. The van der Waals surface area contributed by atoms with E-state index in [0.717, 1.165) is 36.2 Å². The van der Waals surface area contributed by atoms with Gasteiger partial charge in [0.15, 0.2) is 0 Å². The summed E-state index contributed by atoms with van der Waals surface area (Å²) in [5.74, 6) is 2.50. The fourth-order valence-corrected chi connectivity index (χ4v) is 7.75. The van der Waals surface area contributed by atoms with Crippen molar-refractivity contribution in [3.05, 3.63) is 21.9 Å². The van der Waals surface area contributed by atoms with Gasteiger partial charge in [0.1, 0.15) is 6.10 Å². The highest BCUT2D eigenvalue weighted by Crippen LogP contribution is 2.61. The summed E-state index contributed by atoms with van der Waals surface area (Å²) in [5.41, 5.74) is 8.55. The molecule has 1 aromatic rings. The molecular weight excluding hydrogens is 344 g/mol. The molecule has 1 heterocycles. The maximum Gasteiger partial charge on any atom is 0.121 e. The van der Waals surface area contributed by atoms with Crippen LogP contribution in [0.4, 0.5) is 0 Å². The molecule has 5 aliphatic rings. The molecule has 26 heavy (non-hydrogen) atoms. The lowest BCUT2D eigenvalue weighted by atomic mass is 9.47. The van der Waals surface area contributed by atoms with E-state index in [0.29, 0.717) is 5.71 Å². The molecule has 3 unspecified atom stereocenters. The first-order chi connectivity index (χ1) is 12.5. The molecule has 0 amide bonds. The van der Waals surface area contributed by atoms with Crippen LogP contribution in [0.1, 0.15) is 61.5 Å². The van der Waals surface area contributed by atoms with Crippen LogP contribution in [-0.2, 0) is 11.2 Å². The molecule has 3 atom stereocenters. The van der Waals surface area contributed by atoms with Crippen LogP contribution in [0.5, 0.6) is 0 Å². The average molecular weight is 375 g/mol. The Labute approximate surface area is 159 Å². The standard InChI is InChI=1S/C21H30N2O2S/c22-16-1-2-18-15(3-4-26-18)19(16)25-11-17(24)20(23)21-8-12-5-13(9-21)7-14(6-12)10-21/h3-4,12-14,17,19-20,22,24H,1-2,5-11,23H2. The number of nitrogens with two attached hydrogens (primary N) is 1. The first kappa shape index (κ1) is 17.4. The first-order valence-electron chi connectivity index (χ1n) is 10.2. The normalized spacial score (nSPS) is 40.5. The van der Waals surface area contributed by atoms with Gasteiger partial charge in [-0.2, -0.15) is 0 Å². The second kappa shape index (κ2) is 6.40. The lowest BCUT2D eigenvalue weighted by Gasteiger charge is -2.59. The smallest absolute Gasteiger partial charge is 0.121 e. The fraction of sp³-hybridized carbons (Fsp3) is 0.762. The first-order valence-corrected chi connectivity index (χ1v) is 11.1. The summed E-state index contributed by atoms with van der Waals surface area (Å²) in [6, 6.07) is 1.87. The topological polar surface area (TPSA) is 79.3 Å². The SMILES string of the molecule is N=C1CCc2sccc2C1OCC(O)C(N)C12CC3CC(CC(C3)C1)C2. The van der Waals surface area contributed by atoms with Crippen molar-refractivity contribution in [2.75, 3.05) is 6.61 Å². The van der Waals surface area contributed by atoms with E-state index in [1.165, 1.54) is 43.4 Å². The lowest BCUT2D eigenvalue weighted by molar-refractivity contribution is -0.103. The van der Waals surface area contributed by atoms with E-state index < -0.39 is 6.10 Å². The van der Waals surface area contributed by atoms with Gasteiger partial charge in [-0.3, -0.25) is 0 Å². The third-order valence-corrected chi connectivity index (χ3v) is 8.64. The maximum atomic E-state index is 10.9. The van der Waals surface area contributed by atoms with Crippen molar-refractivity contribution in [1.29, 1.82) is 5.41 Å². The van der Waals surface area contributed by atoms with Crippen LogP contribution in [-0.4, -0.2) is 29.6 Å². The molecule has 4 nitrogen and oxygen atoms in total. The Bertz CT molecular complexity index is 665. The largest absolute Gasteiger partial charge is 0.389 e. The highest BCUT2D eigenvalue weighted by Gasteiger charge is 2.54. The van der Waals surface area contributed by atoms with Crippen molar-refractivity contribution >= 4 is 17.0 Å². The van der Waals surface area contributed by atoms with Gasteiger partial charge in [0.05, 0.1) is 12.7 Å². The number of ether oxygens (including phenoxy) is 1. The van der Waals surface area contributed by atoms with Gasteiger partial charge in [-0.1, -0.05) is 0 Å². The predicted molar refractivity (Wildman–Crippen MR) is 104 cm³/mol. The van der Waals surface area contributed by atoms with Gasteiger partial charge in [-0.15, -0.1) is 11.3 Å². The van der Waals surface area contributed by atoms with Gasteiger partial charge in [-0.25, -0.2) is 0 Å². The molecule has 4 saturated carbocycles. The summed E-state index contributed by atoms with van der Waals surface area (Å²) < 4.78 is 6.08. The average Bonchev–Trinajstić information content (AvgIpc) is 3.07. The molecule has 4 bridgehead atoms. The second-order valence-electron chi connectivity index (χ2n) is 9.41. The highest BCUT2D eigenvalue weighted by atomic mass is 32.1. The highest BCUT2D eigenvalue weighted by molar-refractivity contribution is 7.10. The molecule has 0 aliphatic heterocycles. The van der Waals surface area contributed by atoms with Crippen LogP contribution >= 0.6 is 11.3 Å². The molecule has 6 rings (SSSR count). The minimum absolute atomic E-state index is 0.130. The van der Waals surface area contributed by atoms with Gasteiger partial charge in [0, 0.05) is 22.2 Å². The zero-order valence-corrected chi connectivity index (χ0v) is 16.1. The Balaban J connectivity index is 1.26. The zero-order chi connectivity index (χ0) is 17.9. The maximum absolute atomic E-state index is 10.9. The number of fused-ring (bicyclic) bond motifs is 1. The van der Waals surface area contributed by atoms with E-state index in [-0.39, 0.29) is 24.2 Å². The summed E-state index contributed by atoms with van der Waals surface area (Å²) >= 11 is 1.75. The van der Waals surface area contributed by atoms with E-state index >= 15 is 0 Å². The van der Waals surface area contributed by atoms with Crippen LogP contribution in [0.25, 0.3) is 0 Å². The van der Waals surface area contributed by atoms with Gasteiger partial charge in [-0.05, 0) is 86.0 Å². The molecule has 4 N–H and O–H groups in total. The van der Waals surface area contributed by atoms with Crippen molar-refractivity contribution in [2.24, 2.45) is 28.9 Å². The van der Waals surface area contributed by atoms with Crippen molar-refractivity contribution < 1.29 is 9.84 Å². The van der Waals surface area contributed by atoms with Crippen molar-refractivity contribution in [3.63, 3.8) is 0 Å². The Morgan fingerprint density at radius 3 is 2.50 bits per heavy atom. The molecule has 1 aromatic heterocycles. The van der Waals surface area contributed by atoms with E-state index in [1.54, 1.807) is 11.3 Å². The molecular formula is C21H30N2O2S. The molecule has 4 fully saturated rings. The quantitative estimate of drug-likeness (QED) is 0.735. The zero-order valence-electron chi connectivity index (χ0n) is 15.3. The molecule has 142 valence electrons. The number of aliphatic hydroxyl groups is 1. The van der Waals surface area contributed by atoms with Gasteiger partial charge in [0.2, 0.25) is 0 Å².